The third kappa shape index (κ3) is 5.13. The van der Waals surface area contributed by atoms with Gasteiger partial charge in [0.15, 0.2) is 0 Å². The average Bonchev–Trinajstić information content (AvgIpc) is 3.13. The Morgan fingerprint density at radius 3 is 2.72 bits per heavy atom. The first-order valence-electron chi connectivity index (χ1n) is 8.90. The van der Waals surface area contributed by atoms with Gasteiger partial charge in [0, 0.05) is 39.5 Å². The Balaban J connectivity index is 1.44. The van der Waals surface area contributed by atoms with Crippen LogP contribution in [-0.2, 0) is 28.8 Å². The number of nitrogens with zero attached hydrogens (tertiary/aromatic N) is 3. The maximum Gasteiger partial charge on any atom is 0.223 e. The molecule has 6 nitrogen and oxygen atoms in total. The fourth-order valence-electron chi connectivity index (χ4n) is 3.12. The van der Waals surface area contributed by atoms with Crippen LogP contribution in [0.1, 0.15) is 36.6 Å². The van der Waals surface area contributed by atoms with Crippen LogP contribution >= 0.6 is 0 Å². The molecule has 2 heterocycles. The lowest BCUT2D eigenvalue weighted by molar-refractivity contribution is -0.134. The van der Waals surface area contributed by atoms with Crippen LogP contribution in [-0.4, -0.2) is 47.3 Å². The molecule has 134 valence electrons. The van der Waals surface area contributed by atoms with E-state index in [-0.39, 0.29) is 12.0 Å². The Labute approximate surface area is 148 Å². The predicted octanol–water partition coefficient (Wildman–Crippen LogP) is 2.42. The first-order valence-corrected chi connectivity index (χ1v) is 8.90. The first kappa shape index (κ1) is 17.6. The average molecular weight is 343 g/mol. The predicted molar refractivity (Wildman–Crippen MR) is 93.1 cm³/mol. The smallest absolute Gasteiger partial charge is 0.223 e. The summed E-state index contributed by atoms with van der Waals surface area (Å²) < 4.78 is 11.0. The Hall–Kier alpha value is -2.21. The van der Waals surface area contributed by atoms with Gasteiger partial charge in [0.2, 0.25) is 17.7 Å². The number of carbonyl (C=O) groups is 1. The highest BCUT2D eigenvalue weighted by molar-refractivity contribution is 5.76. The summed E-state index contributed by atoms with van der Waals surface area (Å²) in [5.41, 5.74) is 1.25. The van der Waals surface area contributed by atoms with E-state index in [0.717, 1.165) is 25.8 Å². The van der Waals surface area contributed by atoms with Crippen LogP contribution in [0, 0.1) is 0 Å². The van der Waals surface area contributed by atoms with E-state index < -0.39 is 0 Å². The van der Waals surface area contributed by atoms with Crippen molar-refractivity contribution in [3.63, 3.8) is 0 Å². The Bertz CT molecular complexity index is 672. The number of carbonyl (C=O) groups excluding carboxylic acids is 1. The normalized spacial score (nSPS) is 17.6. The summed E-state index contributed by atoms with van der Waals surface area (Å²) in [5.74, 6) is 1.30. The quantitative estimate of drug-likeness (QED) is 0.772. The lowest BCUT2D eigenvalue weighted by Gasteiger charge is -2.31. The number of benzene rings is 1. The minimum atomic E-state index is 0.130. The van der Waals surface area contributed by atoms with Crippen molar-refractivity contribution >= 4 is 5.91 Å². The number of methoxy groups -OCH3 is 1. The fourth-order valence-corrected chi connectivity index (χ4v) is 3.12. The molecule has 1 unspecified atom stereocenters. The van der Waals surface area contributed by atoms with Crippen LogP contribution in [0.2, 0.25) is 0 Å². The third-order valence-electron chi connectivity index (χ3n) is 4.60. The lowest BCUT2D eigenvalue weighted by atomic mass is 10.1. The van der Waals surface area contributed by atoms with Gasteiger partial charge in [-0.3, -0.25) is 4.79 Å². The molecule has 2 aromatic rings. The second-order valence-corrected chi connectivity index (χ2v) is 6.41. The molecule has 1 saturated heterocycles. The number of hydrogen-bond donors (Lipinski definition) is 0. The number of rotatable bonds is 7. The zero-order chi connectivity index (χ0) is 17.5. The van der Waals surface area contributed by atoms with Crippen molar-refractivity contribution in [1.29, 1.82) is 0 Å². The molecule has 1 amide bonds. The van der Waals surface area contributed by atoms with Gasteiger partial charge in [-0.1, -0.05) is 30.3 Å². The molecule has 0 aliphatic carbocycles. The second kappa shape index (κ2) is 8.76. The molecule has 0 radical (unpaired) electrons. The monoisotopic (exact) mass is 343 g/mol. The van der Waals surface area contributed by atoms with E-state index >= 15 is 0 Å². The molecule has 0 spiro atoms. The molecule has 25 heavy (non-hydrogen) atoms. The van der Waals surface area contributed by atoms with E-state index in [1.54, 1.807) is 7.11 Å². The molecule has 1 fully saturated rings. The molecule has 1 atom stereocenters. The molecular formula is C19H25N3O3. The van der Waals surface area contributed by atoms with Gasteiger partial charge >= 0.3 is 0 Å². The molecule has 1 aliphatic rings. The van der Waals surface area contributed by atoms with Gasteiger partial charge in [-0.05, 0) is 24.8 Å². The SMILES string of the molecule is COC1CCCN(C(=O)CCc2nnc(CCc3ccccc3)o2)C1. The van der Waals surface area contributed by atoms with Crippen molar-refractivity contribution in [3.05, 3.63) is 47.7 Å². The minimum Gasteiger partial charge on any atom is -0.425 e. The highest BCUT2D eigenvalue weighted by atomic mass is 16.5. The number of hydrogen-bond acceptors (Lipinski definition) is 5. The zero-order valence-electron chi connectivity index (χ0n) is 14.7. The molecule has 1 aliphatic heterocycles. The Morgan fingerprint density at radius 2 is 1.96 bits per heavy atom. The third-order valence-corrected chi connectivity index (χ3v) is 4.60. The van der Waals surface area contributed by atoms with E-state index in [2.05, 4.69) is 22.3 Å². The topological polar surface area (TPSA) is 68.5 Å². The van der Waals surface area contributed by atoms with Crippen molar-refractivity contribution in [2.24, 2.45) is 0 Å². The van der Waals surface area contributed by atoms with Gasteiger partial charge in [0.25, 0.3) is 0 Å². The fraction of sp³-hybridized carbons (Fsp3) is 0.526. The van der Waals surface area contributed by atoms with Gasteiger partial charge in [0.1, 0.15) is 0 Å². The molecule has 0 N–H and O–H groups in total. The number of amides is 1. The molecule has 1 aromatic carbocycles. The number of ether oxygens (including phenoxy) is 1. The Morgan fingerprint density at radius 1 is 1.20 bits per heavy atom. The van der Waals surface area contributed by atoms with Crippen molar-refractivity contribution in [3.8, 4) is 0 Å². The zero-order valence-corrected chi connectivity index (χ0v) is 14.7. The van der Waals surface area contributed by atoms with Crippen molar-refractivity contribution in [1.82, 2.24) is 15.1 Å². The van der Waals surface area contributed by atoms with Crippen LogP contribution in [0.3, 0.4) is 0 Å². The van der Waals surface area contributed by atoms with E-state index in [1.165, 1.54) is 5.56 Å². The number of aryl methyl sites for hydroxylation is 3. The Kier molecular flexibility index (Phi) is 6.17. The lowest BCUT2D eigenvalue weighted by Crippen LogP contribution is -2.42. The van der Waals surface area contributed by atoms with Crippen molar-refractivity contribution in [2.75, 3.05) is 20.2 Å². The largest absolute Gasteiger partial charge is 0.425 e. The minimum absolute atomic E-state index is 0.130. The summed E-state index contributed by atoms with van der Waals surface area (Å²) in [6.45, 7) is 1.49. The summed E-state index contributed by atoms with van der Waals surface area (Å²) in [6, 6.07) is 10.2. The molecule has 3 rings (SSSR count). The van der Waals surface area contributed by atoms with Crippen LogP contribution in [0.4, 0.5) is 0 Å². The summed E-state index contributed by atoms with van der Waals surface area (Å²) >= 11 is 0. The van der Waals surface area contributed by atoms with Gasteiger partial charge < -0.3 is 14.1 Å². The van der Waals surface area contributed by atoms with E-state index in [0.29, 0.717) is 37.6 Å². The highest BCUT2D eigenvalue weighted by Gasteiger charge is 2.23. The maximum atomic E-state index is 12.3. The molecule has 0 bridgehead atoms. The summed E-state index contributed by atoms with van der Waals surface area (Å²) in [6.07, 6.45) is 4.65. The second-order valence-electron chi connectivity index (χ2n) is 6.41. The number of likely N-dealkylation sites (tertiary alicyclic amines) is 1. The number of aromatic nitrogens is 2. The van der Waals surface area contributed by atoms with Gasteiger partial charge in [-0.15, -0.1) is 10.2 Å². The van der Waals surface area contributed by atoms with Crippen LogP contribution < -0.4 is 0 Å². The summed E-state index contributed by atoms with van der Waals surface area (Å²) in [4.78, 5) is 14.2. The first-order chi connectivity index (χ1) is 12.2. The molecule has 0 saturated carbocycles. The highest BCUT2D eigenvalue weighted by Crippen LogP contribution is 2.14. The molecular weight excluding hydrogens is 318 g/mol. The van der Waals surface area contributed by atoms with Crippen molar-refractivity contribution in [2.45, 2.75) is 44.6 Å². The van der Waals surface area contributed by atoms with Gasteiger partial charge in [-0.2, -0.15) is 0 Å². The van der Waals surface area contributed by atoms with E-state index in [9.17, 15) is 4.79 Å². The standard InChI is InChI=1S/C19H25N3O3/c1-24-16-8-5-13-22(14-16)19(23)12-11-18-21-20-17(25-18)10-9-15-6-3-2-4-7-15/h2-4,6-7,16H,5,8-14H2,1H3. The van der Waals surface area contributed by atoms with E-state index in [4.69, 9.17) is 9.15 Å². The number of piperidine rings is 1. The molecule has 6 heteroatoms. The van der Waals surface area contributed by atoms with Crippen LogP contribution in [0.15, 0.2) is 34.7 Å². The maximum absolute atomic E-state index is 12.3. The van der Waals surface area contributed by atoms with E-state index in [1.807, 2.05) is 23.1 Å². The van der Waals surface area contributed by atoms with Crippen LogP contribution in [0.25, 0.3) is 0 Å². The molecule has 1 aromatic heterocycles. The van der Waals surface area contributed by atoms with Crippen LogP contribution in [0.5, 0.6) is 0 Å². The van der Waals surface area contributed by atoms with Gasteiger partial charge in [-0.25, -0.2) is 0 Å². The van der Waals surface area contributed by atoms with Gasteiger partial charge in [0.05, 0.1) is 6.10 Å². The summed E-state index contributed by atoms with van der Waals surface area (Å²) in [7, 11) is 1.70. The van der Waals surface area contributed by atoms with Crippen molar-refractivity contribution < 1.29 is 13.9 Å². The summed E-state index contributed by atoms with van der Waals surface area (Å²) in [5, 5.41) is 8.15.